The molecule has 1 aliphatic heterocycles. The molecular formula is C13H15NO3S. The van der Waals surface area contributed by atoms with Crippen molar-refractivity contribution in [3.8, 4) is 0 Å². The van der Waals surface area contributed by atoms with Gasteiger partial charge in [0.05, 0.1) is 12.4 Å². The van der Waals surface area contributed by atoms with Crippen molar-refractivity contribution in [1.29, 1.82) is 0 Å². The second kappa shape index (κ2) is 5.44. The lowest BCUT2D eigenvalue weighted by Gasteiger charge is -2.19. The van der Waals surface area contributed by atoms with Gasteiger partial charge in [-0.25, -0.2) is 9.79 Å². The molecule has 0 fully saturated rings. The first-order chi connectivity index (χ1) is 8.63. The molecule has 2 rings (SSSR count). The first-order valence-corrected chi connectivity index (χ1v) is 6.75. The Morgan fingerprint density at radius 3 is 2.83 bits per heavy atom. The zero-order chi connectivity index (χ0) is 13.0. The highest BCUT2D eigenvalue weighted by Crippen LogP contribution is 2.32. The molecule has 0 saturated heterocycles. The van der Waals surface area contributed by atoms with Gasteiger partial charge in [-0.05, 0) is 13.8 Å². The average Bonchev–Trinajstić information content (AvgIpc) is 2.73. The zero-order valence-corrected chi connectivity index (χ0v) is 11.2. The summed E-state index contributed by atoms with van der Waals surface area (Å²) >= 11 is 1.58. The highest BCUT2D eigenvalue weighted by molar-refractivity contribution is 8.14. The zero-order valence-electron chi connectivity index (χ0n) is 10.4. The van der Waals surface area contributed by atoms with Gasteiger partial charge in [0.1, 0.15) is 5.04 Å². The van der Waals surface area contributed by atoms with Crippen molar-refractivity contribution < 1.29 is 14.3 Å². The van der Waals surface area contributed by atoms with Gasteiger partial charge in [-0.1, -0.05) is 42.1 Å². The summed E-state index contributed by atoms with van der Waals surface area (Å²) in [5.74, 6) is 0.607. The summed E-state index contributed by atoms with van der Waals surface area (Å²) < 4.78 is 9.99. The summed E-state index contributed by atoms with van der Waals surface area (Å²) in [6, 6.07) is 9.85. The Labute approximate surface area is 110 Å². The standard InChI is InChI=1S/C13H15NO3S/c1-3-16-12(15)17-13(2)9-18-11(14-13)10-7-5-4-6-8-10/h4-8H,3,9H2,1-2H3. The largest absolute Gasteiger partial charge is 0.510 e. The van der Waals surface area contributed by atoms with E-state index in [2.05, 4.69) is 4.99 Å². The van der Waals surface area contributed by atoms with Crippen LogP contribution in [0.4, 0.5) is 4.79 Å². The second-order valence-electron chi connectivity index (χ2n) is 4.03. The van der Waals surface area contributed by atoms with E-state index in [1.807, 2.05) is 30.3 Å². The highest BCUT2D eigenvalue weighted by atomic mass is 32.2. The Hall–Kier alpha value is -1.49. The van der Waals surface area contributed by atoms with Gasteiger partial charge in [0.2, 0.25) is 5.72 Å². The number of carbonyl (C=O) groups excluding carboxylic acids is 1. The number of nitrogens with zero attached hydrogens (tertiary/aromatic N) is 1. The van der Waals surface area contributed by atoms with Crippen LogP contribution in [-0.2, 0) is 9.47 Å². The van der Waals surface area contributed by atoms with Gasteiger partial charge >= 0.3 is 6.16 Å². The van der Waals surface area contributed by atoms with Crippen LogP contribution >= 0.6 is 11.8 Å². The first-order valence-electron chi connectivity index (χ1n) is 5.77. The van der Waals surface area contributed by atoms with Crippen molar-refractivity contribution in [2.75, 3.05) is 12.4 Å². The molecule has 0 aromatic heterocycles. The molecule has 1 aliphatic rings. The van der Waals surface area contributed by atoms with Gasteiger partial charge in [0.15, 0.2) is 0 Å². The molecule has 18 heavy (non-hydrogen) atoms. The minimum Gasteiger partial charge on any atom is -0.435 e. The van der Waals surface area contributed by atoms with Crippen LogP contribution in [0, 0.1) is 0 Å². The molecule has 0 aliphatic carbocycles. The predicted molar refractivity (Wildman–Crippen MR) is 71.9 cm³/mol. The minimum atomic E-state index is -0.831. The van der Waals surface area contributed by atoms with E-state index in [1.54, 1.807) is 25.6 Å². The molecule has 1 aromatic carbocycles. The van der Waals surface area contributed by atoms with Gasteiger partial charge in [-0.2, -0.15) is 0 Å². The molecule has 0 N–H and O–H groups in total. The smallest absolute Gasteiger partial charge is 0.435 e. The molecule has 1 heterocycles. The van der Waals surface area contributed by atoms with Crippen molar-refractivity contribution in [3.63, 3.8) is 0 Å². The summed E-state index contributed by atoms with van der Waals surface area (Å²) in [6.07, 6.45) is -0.668. The monoisotopic (exact) mass is 265 g/mol. The molecule has 5 heteroatoms. The minimum absolute atomic E-state index is 0.303. The fraction of sp³-hybridized carbons (Fsp3) is 0.385. The lowest BCUT2D eigenvalue weighted by molar-refractivity contribution is -0.00603. The van der Waals surface area contributed by atoms with E-state index in [1.165, 1.54) is 0 Å². The van der Waals surface area contributed by atoms with Gasteiger partial charge in [-0.3, -0.25) is 0 Å². The molecule has 1 atom stereocenters. The molecular weight excluding hydrogens is 250 g/mol. The number of hydrogen-bond donors (Lipinski definition) is 0. The maximum atomic E-state index is 11.3. The molecule has 0 amide bonds. The quantitative estimate of drug-likeness (QED) is 0.788. The second-order valence-corrected chi connectivity index (χ2v) is 5.00. The topological polar surface area (TPSA) is 47.9 Å². The Kier molecular flexibility index (Phi) is 3.91. The SMILES string of the molecule is CCOC(=O)OC1(C)CSC(c2ccccc2)=N1. The summed E-state index contributed by atoms with van der Waals surface area (Å²) in [7, 11) is 0. The Morgan fingerprint density at radius 2 is 2.17 bits per heavy atom. The number of ether oxygens (including phenoxy) is 2. The van der Waals surface area contributed by atoms with E-state index < -0.39 is 11.9 Å². The molecule has 0 radical (unpaired) electrons. The summed E-state index contributed by atoms with van der Waals surface area (Å²) in [5, 5.41) is 0.891. The van der Waals surface area contributed by atoms with Crippen LogP contribution in [0.3, 0.4) is 0 Å². The fourth-order valence-corrected chi connectivity index (χ4v) is 2.68. The molecule has 1 unspecified atom stereocenters. The van der Waals surface area contributed by atoms with Crippen LogP contribution in [0.1, 0.15) is 19.4 Å². The molecule has 96 valence electrons. The number of thioether (sulfide) groups is 1. The third-order valence-electron chi connectivity index (χ3n) is 2.40. The number of carbonyl (C=O) groups is 1. The Bertz CT molecular complexity index is 461. The van der Waals surface area contributed by atoms with Crippen LogP contribution in [-0.4, -0.2) is 29.3 Å². The van der Waals surface area contributed by atoms with E-state index in [9.17, 15) is 4.79 Å². The van der Waals surface area contributed by atoms with Crippen molar-refractivity contribution in [2.45, 2.75) is 19.6 Å². The van der Waals surface area contributed by atoms with E-state index in [4.69, 9.17) is 9.47 Å². The lowest BCUT2D eigenvalue weighted by Crippen LogP contribution is -2.30. The van der Waals surface area contributed by atoms with Crippen LogP contribution in [0.2, 0.25) is 0 Å². The summed E-state index contributed by atoms with van der Waals surface area (Å²) in [5.41, 5.74) is 0.209. The van der Waals surface area contributed by atoms with E-state index in [0.717, 1.165) is 10.6 Å². The predicted octanol–water partition coefficient (Wildman–Crippen LogP) is 3.07. The number of hydrogen-bond acceptors (Lipinski definition) is 5. The highest BCUT2D eigenvalue weighted by Gasteiger charge is 2.35. The summed E-state index contributed by atoms with van der Waals surface area (Å²) in [4.78, 5) is 15.8. The fourth-order valence-electron chi connectivity index (χ4n) is 1.59. The van der Waals surface area contributed by atoms with Crippen molar-refractivity contribution >= 4 is 23.0 Å². The maximum absolute atomic E-state index is 11.3. The van der Waals surface area contributed by atoms with Gasteiger partial charge < -0.3 is 9.47 Å². The van der Waals surface area contributed by atoms with Crippen LogP contribution in [0.15, 0.2) is 35.3 Å². The molecule has 0 saturated carbocycles. The number of benzene rings is 1. The molecule has 4 nitrogen and oxygen atoms in total. The van der Waals surface area contributed by atoms with E-state index >= 15 is 0 Å². The van der Waals surface area contributed by atoms with E-state index in [-0.39, 0.29) is 0 Å². The van der Waals surface area contributed by atoms with Gasteiger partial charge in [0, 0.05) is 5.56 Å². The Balaban J connectivity index is 2.09. The third-order valence-corrected chi connectivity index (χ3v) is 3.68. The molecule has 1 aromatic rings. The molecule has 0 bridgehead atoms. The number of rotatable bonds is 3. The van der Waals surface area contributed by atoms with Crippen molar-refractivity contribution in [1.82, 2.24) is 0 Å². The third kappa shape index (κ3) is 3.04. The first kappa shape index (κ1) is 13.0. The van der Waals surface area contributed by atoms with Gasteiger partial charge in [0.25, 0.3) is 0 Å². The summed E-state index contributed by atoms with van der Waals surface area (Å²) in [6.45, 7) is 3.83. The Morgan fingerprint density at radius 1 is 1.44 bits per heavy atom. The average molecular weight is 265 g/mol. The van der Waals surface area contributed by atoms with Crippen molar-refractivity contribution in [2.24, 2.45) is 4.99 Å². The maximum Gasteiger partial charge on any atom is 0.510 e. The van der Waals surface area contributed by atoms with E-state index in [0.29, 0.717) is 12.4 Å². The lowest BCUT2D eigenvalue weighted by atomic mass is 10.2. The van der Waals surface area contributed by atoms with Crippen LogP contribution in [0.5, 0.6) is 0 Å². The normalized spacial score (nSPS) is 22.4. The van der Waals surface area contributed by atoms with Gasteiger partial charge in [-0.15, -0.1) is 0 Å². The van der Waals surface area contributed by atoms with Crippen LogP contribution in [0.25, 0.3) is 0 Å². The molecule has 0 spiro atoms. The number of aliphatic imine (C=N–C) groups is 1. The van der Waals surface area contributed by atoms with Crippen LogP contribution < -0.4 is 0 Å². The van der Waals surface area contributed by atoms with Crippen molar-refractivity contribution in [3.05, 3.63) is 35.9 Å².